The van der Waals surface area contributed by atoms with Gasteiger partial charge in [-0.2, -0.15) is 0 Å². The minimum absolute atomic E-state index is 0.136. The molecule has 128 valence electrons. The molecule has 0 saturated carbocycles. The van der Waals surface area contributed by atoms with Crippen LogP contribution in [0.15, 0.2) is 91.0 Å². The summed E-state index contributed by atoms with van der Waals surface area (Å²) in [7, 11) is 0. The van der Waals surface area contributed by atoms with E-state index in [4.69, 9.17) is 0 Å². The zero-order valence-electron chi connectivity index (χ0n) is 14.4. The lowest BCUT2D eigenvalue weighted by molar-refractivity contribution is 0.148. The zero-order chi connectivity index (χ0) is 17.3. The molecular formula is C23H24FN. The predicted molar refractivity (Wildman–Crippen MR) is 102 cm³/mol. The summed E-state index contributed by atoms with van der Waals surface area (Å²) >= 11 is 0. The summed E-state index contributed by atoms with van der Waals surface area (Å²) in [5, 5.41) is 0. The summed E-state index contributed by atoms with van der Waals surface area (Å²) in [4.78, 5) is 2.25. The average molecular weight is 333 g/mol. The lowest BCUT2D eigenvalue weighted by Crippen LogP contribution is -2.37. The van der Waals surface area contributed by atoms with Gasteiger partial charge in [0.1, 0.15) is 6.67 Å². The minimum Gasteiger partial charge on any atom is -0.289 e. The van der Waals surface area contributed by atoms with Crippen molar-refractivity contribution in [2.75, 3.05) is 6.67 Å². The van der Waals surface area contributed by atoms with Gasteiger partial charge in [0, 0.05) is 19.1 Å². The van der Waals surface area contributed by atoms with Crippen molar-refractivity contribution in [1.82, 2.24) is 4.90 Å². The molecule has 0 heterocycles. The van der Waals surface area contributed by atoms with Gasteiger partial charge in [-0.1, -0.05) is 91.0 Å². The quantitative estimate of drug-likeness (QED) is 0.543. The van der Waals surface area contributed by atoms with Crippen LogP contribution in [0, 0.1) is 0 Å². The fourth-order valence-electron chi connectivity index (χ4n) is 3.12. The van der Waals surface area contributed by atoms with Crippen molar-refractivity contribution >= 4 is 0 Å². The van der Waals surface area contributed by atoms with E-state index in [1.54, 1.807) is 0 Å². The van der Waals surface area contributed by atoms with E-state index in [2.05, 4.69) is 41.3 Å². The Morgan fingerprint density at radius 1 is 0.600 bits per heavy atom. The number of hydrogen-bond donors (Lipinski definition) is 0. The second-order valence-electron chi connectivity index (χ2n) is 6.37. The van der Waals surface area contributed by atoms with Crippen molar-refractivity contribution in [3.8, 4) is 0 Å². The van der Waals surface area contributed by atoms with Crippen molar-refractivity contribution in [3.05, 3.63) is 108 Å². The molecule has 3 aromatic carbocycles. The van der Waals surface area contributed by atoms with Crippen molar-refractivity contribution < 1.29 is 4.39 Å². The number of alkyl halides is 1. The summed E-state index contributed by atoms with van der Waals surface area (Å²) in [6.07, 6.45) is 0.719. The smallest absolute Gasteiger partial charge is 0.105 e. The first-order chi connectivity index (χ1) is 12.3. The molecule has 0 spiro atoms. The van der Waals surface area contributed by atoms with E-state index >= 15 is 0 Å². The Hall–Kier alpha value is -2.45. The molecule has 0 saturated heterocycles. The van der Waals surface area contributed by atoms with Crippen LogP contribution in [0.2, 0.25) is 0 Å². The predicted octanol–water partition coefficient (Wildman–Crippen LogP) is 5.27. The van der Waals surface area contributed by atoms with E-state index in [0.717, 1.165) is 19.5 Å². The Morgan fingerprint density at radius 3 is 1.40 bits per heavy atom. The Balaban J connectivity index is 1.80. The van der Waals surface area contributed by atoms with E-state index in [0.29, 0.717) is 0 Å². The Bertz CT molecular complexity index is 686. The highest BCUT2D eigenvalue weighted by atomic mass is 19.1. The molecular weight excluding hydrogens is 309 g/mol. The van der Waals surface area contributed by atoms with Gasteiger partial charge in [-0.15, -0.1) is 0 Å². The van der Waals surface area contributed by atoms with Crippen LogP contribution < -0.4 is 0 Å². The Morgan fingerprint density at radius 2 is 1.00 bits per heavy atom. The first-order valence-corrected chi connectivity index (χ1v) is 8.77. The second kappa shape index (κ2) is 9.14. The molecule has 3 aromatic rings. The zero-order valence-corrected chi connectivity index (χ0v) is 14.4. The monoisotopic (exact) mass is 333 g/mol. The van der Waals surface area contributed by atoms with Gasteiger partial charge < -0.3 is 0 Å². The van der Waals surface area contributed by atoms with Crippen molar-refractivity contribution in [2.24, 2.45) is 0 Å². The van der Waals surface area contributed by atoms with Gasteiger partial charge in [-0.3, -0.25) is 4.90 Å². The molecule has 1 nitrogen and oxygen atoms in total. The molecule has 2 heteroatoms. The Kier molecular flexibility index (Phi) is 6.35. The lowest BCUT2D eigenvalue weighted by atomic mass is 10.0. The van der Waals surface area contributed by atoms with E-state index in [-0.39, 0.29) is 12.7 Å². The number of hydrogen-bond acceptors (Lipinski definition) is 1. The van der Waals surface area contributed by atoms with Crippen molar-refractivity contribution in [1.29, 1.82) is 0 Å². The fourth-order valence-corrected chi connectivity index (χ4v) is 3.12. The molecule has 0 aliphatic rings. The van der Waals surface area contributed by atoms with Gasteiger partial charge >= 0.3 is 0 Å². The van der Waals surface area contributed by atoms with Crippen molar-refractivity contribution in [2.45, 2.75) is 25.6 Å². The molecule has 1 atom stereocenters. The lowest BCUT2D eigenvalue weighted by Gasteiger charge is -2.30. The van der Waals surface area contributed by atoms with E-state index < -0.39 is 0 Å². The molecule has 0 bridgehead atoms. The highest BCUT2D eigenvalue weighted by molar-refractivity contribution is 5.19. The third-order valence-electron chi connectivity index (χ3n) is 4.47. The number of rotatable bonds is 8. The molecule has 0 fully saturated rings. The highest BCUT2D eigenvalue weighted by Crippen LogP contribution is 2.17. The Labute approximate surface area is 149 Å². The maximum absolute atomic E-state index is 14.0. The first-order valence-electron chi connectivity index (χ1n) is 8.77. The van der Waals surface area contributed by atoms with Crippen LogP contribution in [0.5, 0.6) is 0 Å². The van der Waals surface area contributed by atoms with Gasteiger partial charge in [-0.05, 0) is 23.1 Å². The van der Waals surface area contributed by atoms with Crippen LogP contribution in [-0.2, 0) is 19.5 Å². The maximum atomic E-state index is 14.0. The first kappa shape index (κ1) is 17.4. The molecule has 0 aliphatic heterocycles. The highest BCUT2D eigenvalue weighted by Gasteiger charge is 2.19. The fraction of sp³-hybridized carbons (Fsp3) is 0.217. The SMILES string of the molecule is FCC(Cc1ccccc1)N(Cc1ccccc1)Cc1ccccc1. The molecule has 0 amide bonds. The molecule has 0 radical (unpaired) electrons. The molecule has 0 aromatic heterocycles. The number of halogens is 1. The van der Waals surface area contributed by atoms with Gasteiger partial charge in [0.15, 0.2) is 0 Å². The van der Waals surface area contributed by atoms with Gasteiger partial charge in [0.05, 0.1) is 0 Å². The van der Waals surface area contributed by atoms with E-state index in [1.807, 2.05) is 54.6 Å². The molecule has 1 unspecified atom stereocenters. The topological polar surface area (TPSA) is 3.24 Å². The van der Waals surface area contributed by atoms with Gasteiger partial charge in [-0.25, -0.2) is 4.39 Å². The van der Waals surface area contributed by atoms with Crippen LogP contribution in [0.1, 0.15) is 16.7 Å². The van der Waals surface area contributed by atoms with Crippen LogP contribution in [0.3, 0.4) is 0 Å². The molecule has 3 rings (SSSR count). The summed E-state index contributed by atoms with van der Waals surface area (Å²) in [5.41, 5.74) is 3.60. The third kappa shape index (κ3) is 5.27. The second-order valence-corrected chi connectivity index (χ2v) is 6.37. The summed E-state index contributed by atoms with van der Waals surface area (Å²) in [6.45, 7) is 1.14. The molecule has 25 heavy (non-hydrogen) atoms. The van der Waals surface area contributed by atoms with Crippen LogP contribution in [-0.4, -0.2) is 17.6 Å². The average Bonchev–Trinajstić information content (AvgIpc) is 2.68. The van der Waals surface area contributed by atoms with Crippen LogP contribution in [0.4, 0.5) is 4.39 Å². The normalized spacial score (nSPS) is 12.2. The number of benzene rings is 3. The third-order valence-corrected chi connectivity index (χ3v) is 4.47. The van der Waals surface area contributed by atoms with E-state index in [9.17, 15) is 4.39 Å². The van der Waals surface area contributed by atoms with Gasteiger partial charge in [0.25, 0.3) is 0 Å². The number of nitrogens with zero attached hydrogens (tertiary/aromatic N) is 1. The molecule has 0 aliphatic carbocycles. The maximum Gasteiger partial charge on any atom is 0.105 e. The standard InChI is InChI=1S/C23H24FN/c24-17-23(16-20-10-4-1-5-11-20)25(18-21-12-6-2-7-13-21)19-22-14-8-3-9-15-22/h1-15,23H,16-19H2. The van der Waals surface area contributed by atoms with Crippen LogP contribution in [0.25, 0.3) is 0 Å². The van der Waals surface area contributed by atoms with Gasteiger partial charge in [0.2, 0.25) is 0 Å². The summed E-state index contributed by atoms with van der Waals surface area (Å²) in [5.74, 6) is 0. The summed E-state index contributed by atoms with van der Waals surface area (Å²) in [6, 6.07) is 30.7. The largest absolute Gasteiger partial charge is 0.289 e. The van der Waals surface area contributed by atoms with Crippen LogP contribution >= 0.6 is 0 Å². The van der Waals surface area contributed by atoms with Crippen molar-refractivity contribution in [3.63, 3.8) is 0 Å². The molecule has 0 N–H and O–H groups in total. The minimum atomic E-state index is -0.353. The summed E-state index contributed by atoms with van der Waals surface area (Å²) < 4.78 is 14.0. The van der Waals surface area contributed by atoms with E-state index in [1.165, 1.54) is 16.7 Å².